The van der Waals surface area contributed by atoms with Crippen LogP contribution in [-0.2, 0) is 22.6 Å². The second-order valence-corrected chi connectivity index (χ2v) is 11.4. The third kappa shape index (κ3) is 6.73. The van der Waals surface area contributed by atoms with Gasteiger partial charge >= 0.3 is 6.18 Å². The van der Waals surface area contributed by atoms with Crippen molar-refractivity contribution in [3.63, 3.8) is 0 Å². The maximum atomic E-state index is 13.5. The van der Waals surface area contributed by atoms with Crippen molar-refractivity contribution in [3.05, 3.63) is 89.0 Å². The van der Waals surface area contributed by atoms with Gasteiger partial charge in [-0.1, -0.05) is 43.7 Å². The molecule has 0 spiro atoms. The number of aryl methyl sites for hydroxylation is 2. The Labute approximate surface area is 227 Å². The number of halogens is 3. The lowest BCUT2D eigenvalue weighted by Crippen LogP contribution is -2.49. The summed E-state index contributed by atoms with van der Waals surface area (Å²) < 4.78 is 69.2. The second-order valence-electron chi connectivity index (χ2n) is 9.68. The smallest absolute Gasteiger partial charge is 0.367 e. The number of sulfonamides is 1. The molecule has 1 heterocycles. The van der Waals surface area contributed by atoms with E-state index in [0.717, 1.165) is 30.9 Å². The molecule has 0 radical (unpaired) electrons. The molecule has 1 aliphatic rings. The Morgan fingerprint density at radius 1 is 0.949 bits per heavy atom. The summed E-state index contributed by atoms with van der Waals surface area (Å²) in [5.74, 6) is -0.353. The molecular formula is C29H32F3N3O3S. The SMILES string of the molecule is CCCCc1ccc(NS(=O)(=O)c2ccc(C)c(C(=O)N3CCN(c4ccccc4C(F)(F)F)CC3)c2)cc1. The molecule has 0 atom stereocenters. The summed E-state index contributed by atoms with van der Waals surface area (Å²) in [4.78, 5) is 16.5. The first-order valence-electron chi connectivity index (χ1n) is 12.9. The second kappa shape index (κ2) is 11.7. The number of alkyl halides is 3. The van der Waals surface area contributed by atoms with Gasteiger partial charge in [0.1, 0.15) is 0 Å². The number of benzene rings is 3. The van der Waals surface area contributed by atoms with E-state index >= 15 is 0 Å². The van der Waals surface area contributed by atoms with Crippen molar-refractivity contribution in [2.24, 2.45) is 0 Å². The minimum absolute atomic E-state index is 0.0377. The van der Waals surface area contributed by atoms with Crippen LogP contribution >= 0.6 is 0 Å². The topological polar surface area (TPSA) is 69.7 Å². The van der Waals surface area contributed by atoms with Gasteiger partial charge in [0.25, 0.3) is 15.9 Å². The molecule has 10 heteroatoms. The van der Waals surface area contributed by atoms with Crippen molar-refractivity contribution in [2.45, 2.75) is 44.2 Å². The fourth-order valence-corrected chi connectivity index (χ4v) is 5.73. The summed E-state index contributed by atoms with van der Waals surface area (Å²) >= 11 is 0. The molecule has 0 unspecified atom stereocenters. The van der Waals surface area contributed by atoms with Gasteiger partial charge in [0.2, 0.25) is 0 Å². The van der Waals surface area contributed by atoms with Crippen LogP contribution < -0.4 is 9.62 Å². The van der Waals surface area contributed by atoms with Gasteiger partial charge in [0.05, 0.1) is 10.5 Å². The molecule has 0 aliphatic carbocycles. The molecule has 1 saturated heterocycles. The quantitative estimate of drug-likeness (QED) is 0.361. The molecule has 6 nitrogen and oxygen atoms in total. The first-order chi connectivity index (χ1) is 18.5. The predicted molar refractivity (Wildman–Crippen MR) is 147 cm³/mol. The highest BCUT2D eigenvalue weighted by molar-refractivity contribution is 7.92. The standard InChI is InChI=1S/C29H32F3N3O3S/c1-3-4-7-22-11-13-23(14-12-22)33-39(37,38)24-15-10-21(2)25(20-24)28(36)35-18-16-34(17-19-35)27-9-6-5-8-26(27)29(30,31)32/h5-6,8-15,20,33H,3-4,7,16-19H2,1-2H3. The van der Waals surface area contributed by atoms with E-state index in [2.05, 4.69) is 11.6 Å². The van der Waals surface area contributed by atoms with Crippen molar-refractivity contribution in [1.82, 2.24) is 4.90 Å². The van der Waals surface area contributed by atoms with E-state index in [4.69, 9.17) is 0 Å². The van der Waals surface area contributed by atoms with Crippen LogP contribution in [0.2, 0.25) is 0 Å². The molecule has 3 aromatic rings. The Balaban J connectivity index is 1.46. The zero-order valence-corrected chi connectivity index (χ0v) is 22.8. The van der Waals surface area contributed by atoms with E-state index in [9.17, 15) is 26.4 Å². The lowest BCUT2D eigenvalue weighted by Gasteiger charge is -2.37. The lowest BCUT2D eigenvalue weighted by atomic mass is 10.1. The van der Waals surface area contributed by atoms with Gasteiger partial charge in [-0.2, -0.15) is 13.2 Å². The molecule has 39 heavy (non-hydrogen) atoms. The van der Waals surface area contributed by atoms with Crippen LogP contribution in [0.3, 0.4) is 0 Å². The Hall–Kier alpha value is -3.53. The highest BCUT2D eigenvalue weighted by Crippen LogP contribution is 2.36. The van der Waals surface area contributed by atoms with Crippen LogP contribution in [0.5, 0.6) is 0 Å². The van der Waals surface area contributed by atoms with E-state index < -0.39 is 21.8 Å². The van der Waals surface area contributed by atoms with Crippen molar-refractivity contribution >= 4 is 27.3 Å². The van der Waals surface area contributed by atoms with Crippen molar-refractivity contribution < 1.29 is 26.4 Å². The van der Waals surface area contributed by atoms with Gasteiger partial charge in [0.15, 0.2) is 0 Å². The van der Waals surface area contributed by atoms with Crippen molar-refractivity contribution in [1.29, 1.82) is 0 Å². The fraction of sp³-hybridized carbons (Fsp3) is 0.345. The number of hydrogen-bond donors (Lipinski definition) is 1. The number of unbranched alkanes of at least 4 members (excludes halogenated alkanes) is 1. The van der Waals surface area contributed by atoms with E-state index in [1.54, 1.807) is 41.0 Å². The summed E-state index contributed by atoms with van der Waals surface area (Å²) in [6, 6.07) is 17.0. The number of nitrogens with zero attached hydrogens (tertiary/aromatic N) is 2. The normalized spacial score (nSPS) is 14.4. The molecule has 1 N–H and O–H groups in total. The van der Waals surface area contributed by atoms with Crippen molar-refractivity contribution in [2.75, 3.05) is 35.8 Å². The first-order valence-corrected chi connectivity index (χ1v) is 14.4. The van der Waals surface area contributed by atoms with Gasteiger partial charge in [-0.05, 0) is 67.3 Å². The van der Waals surface area contributed by atoms with E-state index in [-0.39, 0.29) is 48.2 Å². The van der Waals surface area contributed by atoms with Crippen LogP contribution in [0.1, 0.15) is 46.8 Å². The Morgan fingerprint density at radius 3 is 2.26 bits per heavy atom. The Morgan fingerprint density at radius 2 is 1.62 bits per heavy atom. The van der Waals surface area contributed by atoms with Crippen LogP contribution in [0.25, 0.3) is 0 Å². The molecule has 208 valence electrons. The summed E-state index contributed by atoms with van der Waals surface area (Å²) in [6.07, 6.45) is -1.42. The van der Waals surface area contributed by atoms with Crippen LogP contribution in [0, 0.1) is 6.92 Å². The average Bonchev–Trinajstić information content (AvgIpc) is 2.92. The number of piperazine rings is 1. The third-order valence-electron chi connectivity index (χ3n) is 6.89. The molecule has 1 fully saturated rings. The van der Waals surface area contributed by atoms with Gasteiger partial charge < -0.3 is 9.80 Å². The number of para-hydroxylation sites is 1. The number of rotatable bonds is 8. The van der Waals surface area contributed by atoms with Gasteiger partial charge in [0, 0.05) is 43.1 Å². The minimum atomic E-state index is -4.47. The monoisotopic (exact) mass is 559 g/mol. The molecule has 0 saturated carbocycles. The third-order valence-corrected chi connectivity index (χ3v) is 8.27. The first kappa shape index (κ1) is 28.5. The number of carbonyl (C=O) groups excluding carboxylic acids is 1. The zero-order chi connectivity index (χ0) is 28.2. The molecule has 0 bridgehead atoms. The average molecular weight is 560 g/mol. The van der Waals surface area contributed by atoms with E-state index in [1.165, 1.54) is 24.3 Å². The van der Waals surface area contributed by atoms with Gasteiger partial charge in [-0.3, -0.25) is 9.52 Å². The Kier molecular flexibility index (Phi) is 8.54. The van der Waals surface area contributed by atoms with Crippen LogP contribution in [-0.4, -0.2) is 45.4 Å². The minimum Gasteiger partial charge on any atom is -0.367 e. The number of anilines is 2. The molecule has 4 rings (SSSR count). The molecule has 0 aromatic heterocycles. The number of carbonyl (C=O) groups is 1. The molecule has 3 aromatic carbocycles. The highest BCUT2D eigenvalue weighted by Gasteiger charge is 2.35. The van der Waals surface area contributed by atoms with E-state index in [1.807, 2.05) is 12.1 Å². The van der Waals surface area contributed by atoms with E-state index in [0.29, 0.717) is 11.3 Å². The molecule has 1 aliphatic heterocycles. The summed E-state index contributed by atoms with van der Waals surface area (Å²) in [5, 5.41) is 0. The van der Waals surface area contributed by atoms with Gasteiger partial charge in [-0.25, -0.2) is 8.42 Å². The maximum absolute atomic E-state index is 13.5. The van der Waals surface area contributed by atoms with Crippen molar-refractivity contribution in [3.8, 4) is 0 Å². The summed E-state index contributed by atoms with van der Waals surface area (Å²) in [5.41, 5.74) is 1.80. The number of nitrogens with one attached hydrogen (secondary N) is 1. The molecular weight excluding hydrogens is 527 g/mol. The van der Waals surface area contributed by atoms with Crippen LogP contribution in [0.4, 0.5) is 24.5 Å². The number of hydrogen-bond acceptors (Lipinski definition) is 4. The van der Waals surface area contributed by atoms with Gasteiger partial charge in [-0.15, -0.1) is 0 Å². The maximum Gasteiger partial charge on any atom is 0.418 e. The van der Waals surface area contributed by atoms with Crippen LogP contribution in [0.15, 0.2) is 71.6 Å². The Bertz CT molecular complexity index is 1420. The molecule has 1 amide bonds. The summed E-state index contributed by atoms with van der Waals surface area (Å²) in [7, 11) is -3.95. The zero-order valence-electron chi connectivity index (χ0n) is 22.0. The predicted octanol–water partition coefficient (Wildman–Crippen LogP) is 6.12. The number of amides is 1. The largest absolute Gasteiger partial charge is 0.418 e. The highest BCUT2D eigenvalue weighted by atomic mass is 32.2. The lowest BCUT2D eigenvalue weighted by molar-refractivity contribution is -0.137. The summed E-state index contributed by atoms with van der Waals surface area (Å²) in [6.45, 7) is 4.72. The fourth-order valence-electron chi connectivity index (χ4n) is 4.64.